The molecular formula is C17H27NO2. The smallest absolute Gasteiger partial charge is 0.118 e. The first-order valence-corrected chi connectivity index (χ1v) is 7.66. The van der Waals surface area contributed by atoms with Gasteiger partial charge in [-0.2, -0.15) is 0 Å². The Hall–Kier alpha value is -1.06. The van der Waals surface area contributed by atoms with Crippen LogP contribution in [0.25, 0.3) is 0 Å². The topological polar surface area (TPSA) is 41.5 Å². The predicted octanol–water partition coefficient (Wildman–Crippen LogP) is 2.77. The molecule has 2 rings (SSSR count). The maximum absolute atomic E-state index is 9.71. The molecule has 1 aromatic carbocycles. The number of ether oxygens (including phenoxy) is 1. The van der Waals surface area contributed by atoms with Gasteiger partial charge in [0.2, 0.25) is 0 Å². The molecule has 3 nitrogen and oxygen atoms in total. The van der Waals surface area contributed by atoms with Gasteiger partial charge in [0.25, 0.3) is 0 Å². The number of aliphatic hydroxyl groups is 1. The minimum atomic E-state index is -0.0427. The Morgan fingerprint density at radius 3 is 2.45 bits per heavy atom. The summed E-state index contributed by atoms with van der Waals surface area (Å²) in [5, 5.41) is 13.3. The lowest BCUT2D eigenvalue weighted by Gasteiger charge is -2.39. The van der Waals surface area contributed by atoms with E-state index >= 15 is 0 Å². The molecule has 0 spiro atoms. The molecule has 112 valence electrons. The van der Waals surface area contributed by atoms with E-state index in [0.717, 1.165) is 37.5 Å². The molecule has 2 N–H and O–H groups in total. The largest absolute Gasteiger partial charge is 0.497 e. The summed E-state index contributed by atoms with van der Waals surface area (Å²) in [7, 11) is 1.69. The van der Waals surface area contributed by atoms with E-state index in [-0.39, 0.29) is 12.1 Å². The number of aliphatic hydroxyl groups excluding tert-OH is 1. The van der Waals surface area contributed by atoms with Crippen molar-refractivity contribution in [2.75, 3.05) is 20.3 Å². The zero-order valence-corrected chi connectivity index (χ0v) is 12.7. The second-order valence-corrected chi connectivity index (χ2v) is 6.15. The quantitative estimate of drug-likeness (QED) is 0.840. The lowest BCUT2D eigenvalue weighted by molar-refractivity contribution is 0.106. The fraction of sp³-hybridized carbons (Fsp3) is 0.647. The first-order valence-electron chi connectivity index (χ1n) is 7.66. The first-order chi connectivity index (χ1) is 9.67. The van der Waals surface area contributed by atoms with Gasteiger partial charge in [-0.3, -0.25) is 0 Å². The van der Waals surface area contributed by atoms with Gasteiger partial charge in [0.1, 0.15) is 5.75 Å². The maximum Gasteiger partial charge on any atom is 0.118 e. The highest BCUT2D eigenvalue weighted by molar-refractivity contribution is 5.27. The van der Waals surface area contributed by atoms with Gasteiger partial charge < -0.3 is 15.2 Å². The molecule has 1 saturated carbocycles. The van der Waals surface area contributed by atoms with Crippen LogP contribution in [0.5, 0.6) is 5.75 Å². The Balaban J connectivity index is 1.81. The van der Waals surface area contributed by atoms with Crippen molar-refractivity contribution in [2.45, 2.75) is 44.6 Å². The summed E-state index contributed by atoms with van der Waals surface area (Å²) in [6.07, 6.45) is 5.61. The van der Waals surface area contributed by atoms with Gasteiger partial charge in [0.15, 0.2) is 0 Å². The standard InChI is InChI=1S/C17H27NO2/c1-14-7-10-17(13-19,11-8-14)18-12-9-15-3-5-16(20-2)6-4-15/h3-6,14,18-19H,7-13H2,1-2H3. The molecule has 0 atom stereocenters. The Bertz CT molecular complexity index is 394. The van der Waals surface area contributed by atoms with Crippen LogP contribution in [0.4, 0.5) is 0 Å². The Labute approximate surface area is 122 Å². The predicted molar refractivity (Wildman–Crippen MR) is 82.1 cm³/mol. The number of hydrogen-bond donors (Lipinski definition) is 2. The second kappa shape index (κ2) is 7.09. The molecule has 1 aromatic rings. The van der Waals surface area contributed by atoms with Gasteiger partial charge in [-0.05, 0) is 62.3 Å². The molecule has 0 unspecified atom stereocenters. The minimum Gasteiger partial charge on any atom is -0.497 e. The molecule has 0 aromatic heterocycles. The molecule has 0 amide bonds. The maximum atomic E-state index is 9.71. The molecule has 0 radical (unpaired) electrons. The van der Waals surface area contributed by atoms with Crippen molar-refractivity contribution in [1.82, 2.24) is 5.32 Å². The van der Waals surface area contributed by atoms with E-state index in [0.29, 0.717) is 0 Å². The van der Waals surface area contributed by atoms with E-state index in [4.69, 9.17) is 4.74 Å². The van der Waals surface area contributed by atoms with E-state index in [2.05, 4.69) is 24.4 Å². The number of rotatable bonds is 6. The Kier molecular flexibility index (Phi) is 5.44. The third-order valence-corrected chi connectivity index (χ3v) is 4.61. The lowest BCUT2D eigenvalue weighted by Crippen LogP contribution is -2.51. The Morgan fingerprint density at radius 1 is 1.25 bits per heavy atom. The summed E-state index contributed by atoms with van der Waals surface area (Å²) in [6, 6.07) is 8.21. The second-order valence-electron chi connectivity index (χ2n) is 6.15. The summed E-state index contributed by atoms with van der Waals surface area (Å²) >= 11 is 0. The normalized spacial score (nSPS) is 26.4. The van der Waals surface area contributed by atoms with Crippen molar-refractivity contribution in [3.63, 3.8) is 0 Å². The third kappa shape index (κ3) is 3.97. The van der Waals surface area contributed by atoms with Gasteiger partial charge >= 0.3 is 0 Å². The van der Waals surface area contributed by atoms with Crippen molar-refractivity contribution in [3.05, 3.63) is 29.8 Å². The fourth-order valence-electron chi connectivity index (χ4n) is 2.97. The highest BCUT2D eigenvalue weighted by Crippen LogP contribution is 2.31. The SMILES string of the molecule is COc1ccc(CCNC2(CO)CCC(C)CC2)cc1. The highest BCUT2D eigenvalue weighted by atomic mass is 16.5. The molecule has 0 aliphatic heterocycles. The van der Waals surface area contributed by atoms with Crippen LogP contribution < -0.4 is 10.1 Å². The molecular weight excluding hydrogens is 250 g/mol. The van der Waals surface area contributed by atoms with E-state index in [1.807, 2.05) is 12.1 Å². The van der Waals surface area contributed by atoms with Gasteiger partial charge in [0.05, 0.1) is 13.7 Å². The van der Waals surface area contributed by atoms with E-state index in [9.17, 15) is 5.11 Å². The molecule has 1 fully saturated rings. The summed E-state index contributed by atoms with van der Waals surface area (Å²) in [4.78, 5) is 0. The summed E-state index contributed by atoms with van der Waals surface area (Å²) in [5.41, 5.74) is 1.26. The average molecular weight is 277 g/mol. The van der Waals surface area contributed by atoms with E-state index in [1.54, 1.807) is 7.11 Å². The minimum absolute atomic E-state index is 0.0427. The van der Waals surface area contributed by atoms with Crippen LogP contribution in [0, 0.1) is 5.92 Å². The number of methoxy groups -OCH3 is 1. The molecule has 20 heavy (non-hydrogen) atoms. The lowest BCUT2D eigenvalue weighted by atomic mass is 9.77. The molecule has 0 heterocycles. The Morgan fingerprint density at radius 2 is 1.90 bits per heavy atom. The van der Waals surface area contributed by atoms with E-state index < -0.39 is 0 Å². The van der Waals surface area contributed by atoms with Gasteiger partial charge in [-0.15, -0.1) is 0 Å². The van der Waals surface area contributed by atoms with Crippen molar-refractivity contribution in [3.8, 4) is 5.75 Å². The van der Waals surface area contributed by atoms with Gasteiger partial charge in [-0.1, -0.05) is 19.1 Å². The number of benzene rings is 1. The number of nitrogens with one attached hydrogen (secondary N) is 1. The summed E-state index contributed by atoms with van der Waals surface area (Å²) < 4.78 is 5.16. The zero-order chi connectivity index (χ0) is 14.4. The van der Waals surface area contributed by atoms with Crippen LogP contribution in [0.2, 0.25) is 0 Å². The molecule has 1 aliphatic rings. The summed E-state index contributed by atoms with van der Waals surface area (Å²) in [6.45, 7) is 3.47. The fourth-order valence-corrected chi connectivity index (χ4v) is 2.97. The van der Waals surface area contributed by atoms with Crippen LogP contribution in [0.1, 0.15) is 38.2 Å². The summed E-state index contributed by atoms with van der Waals surface area (Å²) in [5.74, 6) is 1.70. The highest BCUT2D eigenvalue weighted by Gasteiger charge is 2.32. The van der Waals surface area contributed by atoms with Crippen molar-refractivity contribution in [1.29, 1.82) is 0 Å². The van der Waals surface area contributed by atoms with Crippen LogP contribution >= 0.6 is 0 Å². The van der Waals surface area contributed by atoms with Crippen molar-refractivity contribution >= 4 is 0 Å². The van der Waals surface area contributed by atoms with Crippen LogP contribution in [0.15, 0.2) is 24.3 Å². The van der Waals surface area contributed by atoms with Crippen LogP contribution in [-0.2, 0) is 6.42 Å². The molecule has 3 heteroatoms. The monoisotopic (exact) mass is 277 g/mol. The van der Waals surface area contributed by atoms with Crippen molar-refractivity contribution in [2.24, 2.45) is 5.92 Å². The van der Waals surface area contributed by atoms with Gasteiger partial charge in [-0.25, -0.2) is 0 Å². The molecule has 0 saturated heterocycles. The molecule has 1 aliphatic carbocycles. The van der Waals surface area contributed by atoms with E-state index in [1.165, 1.54) is 18.4 Å². The van der Waals surface area contributed by atoms with Crippen LogP contribution in [0.3, 0.4) is 0 Å². The third-order valence-electron chi connectivity index (χ3n) is 4.61. The van der Waals surface area contributed by atoms with Crippen molar-refractivity contribution < 1.29 is 9.84 Å². The molecule has 0 bridgehead atoms. The first kappa shape index (κ1) is 15.3. The average Bonchev–Trinajstić information content (AvgIpc) is 2.50. The zero-order valence-electron chi connectivity index (χ0n) is 12.7. The van der Waals surface area contributed by atoms with Crippen LogP contribution in [-0.4, -0.2) is 30.9 Å². The number of hydrogen-bond acceptors (Lipinski definition) is 3. The van der Waals surface area contributed by atoms with Gasteiger partial charge in [0, 0.05) is 5.54 Å².